The van der Waals surface area contributed by atoms with E-state index in [0.29, 0.717) is 21.4 Å². The minimum Gasteiger partial charge on any atom is -0.342 e. The van der Waals surface area contributed by atoms with Crippen LogP contribution < -0.4 is 5.32 Å². The average molecular weight is 449 g/mol. The number of nitrogens with zero attached hydrogens (tertiary/aromatic N) is 3. The third kappa shape index (κ3) is 5.58. The Hall–Kier alpha value is -2.45. The van der Waals surface area contributed by atoms with Gasteiger partial charge in [-0.1, -0.05) is 23.7 Å². The summed E-state index contributed by atoms with van der Waals surface area (Å²) >= 11 is 7.40. The van der Waals surface area contributed by atoms with E-state index >= 15 is 0 Å². The Kier molecular flexibility index (Phi) is 7.44. The number of carbonyl (C=O) groups excluding carboxylic acids is 3. The zero-order chi connectivity index (χ0) is 21.7. The first-order valence-electron chi connectivity index (χ1n) is 9.92. The van der Waals surface area contributed by atoms with Crippen LogP contribution in [-0.4, -0.2) is 58.2 Å². The van der Waals surface area contributed by atoms with Crippen LogP contribution in [0, 0.1) is 0 Å². The zero-order valence-electron chi connectivity index (χ0n) is 17.1. The van der Waals surface area contributed by atoms with Gasteiger partial charge in [-0.15, -0.1) is 11.3 Å². The maximum absolute atomic E-state index is 12.9. The summed E-state index contributed by atoms with van der Waals surface area (Å²) in [5.41, 5.74) is 0.998. The van der Waals surface area contributed by atoms with Crippen LogP contribution in [0.5, 0.6) is 0 Å². The van der Waals surface area contributed by atoms with Gasteiger partial charge in [0.05, 0.1) is 22.7 Å². The van der Waals surface area contributed by atoms with Crippen molar-refractivity contribution in [2.24, 2.45) is 0 Å². The molecule has 1 N–H and O–H groups in total. The first-order valence-corrected chi connectivity index (χ1v) is 11.2. The normalized spacial score (nSPS) is 13.5. The van der Waals surface area contributed by atoms with Gasteiger partial charge in [0.15, 0.2) is 5.13 Å². The maximum Gasteiger partial charge on any atom is 0.256 e. The molecular formula is C21H25ClN4O3S. The van der Waals surface area contributed by atoms with Crippen LogP contribution in [0.1, 0.15) is 42.7 Å². The van der Waals surface area contributed by atoms with Crippen LogP contribution in [0.4, 0.5) is 5.13 Å². The topological polar surface area (TPSA) is 82.6 Å². The third-order valence-corrected chi connectivity index (χ3v) is 6.03. The Balaban J connectivity index is 1.59. The van der Waals surface area contributed by atoms with Gasteiger partial charge in [-0.3, -0.25) is 14.4 Å². The number of anilines is 1. The number of thiazole rings is 1. The van der Waals surface area contributed by atoms with Crippen LogP contribution in [0.3, 0.4) is 0 Å². The molecule has 160 valence electrons. The molecule has 1 aliphatic rings. The number of hydrogen-bond donors (Lipinski definition) is 1. The fourth-order valence-corrected chi connectivity index (χ4v) is 4.21. The van der Waals surface area contributed by atoms with Crippen LogP contribution in [0.2, 0.25) is 5.02 Å². The summed E-state index contributed by atoms with van der Waals surface area (Å²) in [4.78, 5) is 45.3. The second-order valence-corrected chi connectivity index (χ2v) is 8.73. The Morgan fingerprint density at radius 1 is 1.23 bits per heavy atom. The number of benzene rings is 1. The van der Waals surface area contributed by atoms with Gasteiger partial charge in [0, 0.05) is 24.5 Å². The number of hydrogen-bond acceptors (Lipinski definition) is 5. The maximum atomic E-state index is 12.9. The lowest BCUT2D eigenvalue weighted by Crippen LogP contribution is -2.42. The second kappa shape index (κ2) is 10.0. The Morgan fingerprint density at radius 3 is 2.60 bits per heavy atom. The highest BCUT2D eigenvalue weighted by atomic mass is 35.5. The lowest BCUT2D eigenvalue weighted by Gasteiger charge is -2.26. The summed E-state index contributed by atoms with van der Waals surface area (Å²) in [6.07, 6.45) is 2.32. The molecule has 0 unspecified atom stereocenters. The van der Waals surface area contributed by atoms with Gasteiger partial charge in [0.2, 0.25) is 11.8 Å². The third-order valence-electron chi connectivity index (χ3n) is 4.89. The zero-order valence-corrected chi connectivity index (χ0v) is 18.6. The van der Waals surface area contributed by atoms with Crippen LogP contribution in [-0.2, 0) is 16.0 Å². The number of amides is 3. The average Bonchev–Trinajstić information content (AvgIpc) is 3.38. The van der Waals surface area contributed by atoms with Crippen molar-refractivity contribution in [1.29, 1.82) is 0 Å². The van der Waals surface area contributed by atoms with Crippen molar-refractivity contribution in [2.45, 2.75) is 39.2 Å². The standard InChI is InChI=1S/C21H25ClN4O3S/c1-14(2)26(20(29)16-7-3-4-8-17(16)22)12-18(27)24-21-23-15(13-30-21)11-19(28)25-9-5-6-10-25/h3-4,7-8,13-14H,5-6,9-12H2,1-2H3,(H,23,24,27). The summed E-state index contributed by atoms with van der Waals surface area (Å²) < 4.78 is 0. The molecule has 7 nitrogen and oxygen atoms in total. The van der Waals surface area contributed by atoms with Gasteiger partial charge in [-0.05, 0) is 38.8 Å². The van der Waals surface area contributed by atoms with Crippen molar-refractivity contribution < 1.29 is 14.4 Å². The molecule has 2 aromatic rings. The van der Waals surface area contributed by atoms with E-state index < -0.39 is 0 Å². The SMILES string of the molecule is CC(C)N(CC(=O)Nc1nc(CC(=O)N2CCCC2)cs1)C(=O)c1ccccc1Cl. The van der Waals surface area contributed by atoms with E-state index in [4.69, 9.17) is 11.6 Å². The minimum atomic E-state index is -0.351. The van der Waals surface area contributed by atoms with Gasteiger partial charge in [-0.25, -0.2) is 4.98 Å². The Labute approximate surface area is 185 Å². The van der Waals surface area contributed by atoms with Gasteiger partial charge < -0.3 is 15.1 Å². The van der Waals surface area contributed by atoms with E-state index in [2.05, 4.69) is 10.3 Å². The van der Waals surface area contributed by atoms with E-state index in [0.717, 1.165) is 25.9 Å². The predicted molar refractivity (Wildman–Crippen MR) is 118 cm³/mol. The molecule has 1 fully saturated rings. The summed E-state index contributed by atoms with van der Waals surface area (Å²) in [7, 11) is 0. The molecule has 0 saturated carbocycles. The fourth-order valence-electron chi connectivity index (χ4n) is 3.27. The molecule has 30 heavy (non-hydrogen) atoms. The molecule has 1 saturated heterocycles. The van der Waals surface area contributed by atoms with Gasteiger partial charge >= 0.3 is 0 Å². The first kappa shape index (κ1) is 22.2. The summed E-state index contributed by atoms with van der Waals surface area (Å²) in [6, 6.07) is 6.58. The molecule has 0 spiro atoms. The predicted octanol–water partition coefficient (Wildman–Crippen LogP) is 3.45. The molecular weight excluding hydrogens is 424 g/mol. The molecule has 1 aliphatic heterocycles. The van der Waals surface area contributed by atoms with Crippen LogP contribution >= 0.6 is 22.9 Å². The van der Waals surface area contributed by atoms with Crippen molar-refractivity contribution in [3.8, 4) is 0 Å². The number of aromatic nitrogens is 1. The van der Waals surface area contributed by atoms with Crippen molar-refractivity contribution in [3.63, 3.8) is 0 Å². The molecule has 0 bridgehead atoms. The minimum absolute atomic E-state index is 0.0620. The molecule has 0 radical (unpaired) electrons. The Morgan fingerprint density at radius 2 is 1.93 bits per heavy atom. The molecule has 0 aliphatic carbocycles. The van der Waals surface area contributed by atoms with Crippen molar-refractivity contribution >= 4 is 45.8 Å². The Bertz CT molecular complexity index is 924. The second-order valence-electron chi connectivity index (χ2n) is 7.46. The number of carbonyl (C=O) groups is 3. The van der Waals surface area contributed by atoms with E-state index in [1.165, 1.54) is 16.2 Å². The molecule has 1 aromatic carbocycles. The largest absolute Gasteiger partial charge is 0.342 e. The highest BCUT2D eigenvalue weighted by molar-refractivity contribution is 7.13. The number of rotatable bonds is 7. The molecule has 0 atom stereocenters. The summed E-state index contributed by atoms with van der Waals surface area (Å²) in [5, 5.41) is 5.27. The highest BCUT2D eigenvalue weighted by Gasteiger charge is 2.24. The summed E-state index contributed by atoms with van der Waals surface area (Å²) in [5.74, 6) is -0.593. The van der Waals surface area contributed by atoms with E-state index in [9.17, 15) is 14.4 Å². The van der Waals surface area contributed by atoms with Gasteiger partial charge in [0.25, 0.3) is 5.91 Å². The number of nitrogens with one attached hydrogen (secondary N) is 1. The first-order chi connectivity index (χ1) is 14.3. The number of halogens is 1. The molecule has 2 heterocycles. The molecule has 3 rings (SSSR count). The number of likely N-dealkylation sites (tertiary alicyclic amines) is 1. The van der Waals surface area contributed by atoms with E-state index in [-0.39, 0.29) is 36.7 Å². The van der Waals surface area contributed by atoms with Crippen LogP contribution in [0.25, 0.3) is 0 Å². The summed E-state index contributed by atoms with van der Waals surface area (Å²) in [6.45, 7) is 5.17. The highest BCUT2D eigenvalue weighted by Crippen LogP contribution is 2.20. The molecule has 9 heteroatoms. The lowest BCUT2D eigenvalue weighted by atomic mass is 10.1. The smallest absolute Gasteiger partial charge is 0.256 e. The van der Waals surface area contributed by atoms with Gasteiger partial charge in [-0.2, -0.15) is 0 Å². The van der Waals surface area contributed by atoms with E-state index in [1.807, 2.05) is 18.7 Å². The fraction of sp³-hybridized carbons (Fsp3) is 0.429. The van der Waals surface area contributed by atoms with Crippen molar-refractivity contribution in [2.75, 3.05) is 25.0 Å². The van der Waals surface area contributed by atoms with Crippen LogP contribution in [0.15, 0.2) is 29.6 Å². The van der Waals surface area contributed by atoms with Gasteiger partial charge in [0.1, 0.15) is 6.54 Å². The van der Waals surface area contributed by atoms with E-state index in [1.54, 1.807) is 29.6 Å². The molecule has 3 amide bonds. The molecule has 1 aromatic heterocycles. The lowest BCUT2D eigenvalue weighted by molar-refractivity contribution is -0.129. The quantitative estimate of drug-likeness (QED) is 0.703. The van der Waals surface area contributed by atoms with Crippen molar-refractivity contribution in [1.82, 2.24) is 14.8 Å². The monoisotopic (exact) mass is 448 g/mol. The van der Waals surface area contributed by atoms with Crippen molar-refractivity contribution in [3.05, 3.63) is 45.9 Å².